The number of hydrogen-bond acceptors (Lipinski definition) is 6. The Morgan fingerprint density at radius 1 is 1.29 bits per heavy atom. The molecule has 0 spiro atoms. The van der Waals surface area contributed by atoms with Gasteiger partial charge in [-0.1, -0.05) is 0 Å². The Bertz CT molecular complexity index is 939. The molecule has 8 heteroatoms. The molecule has 0 radical (unpaired) electrons. The van der Waals surface area contributed by atoms with Crippen molar-refractivity contribution >= 4 is 5.65 Å². The Balaban J connectivity index is 1.68. The fraction of sp³-hybridized carbons (Fsp3) is 0.450. The number of ether oxygens (including phenoxy) is 2. The van der Waals surface area contributed by atoms with Crippen LogP contribution in [0.25, 0.3) is 17.2 Å². The number of nitrogens with one attached hydrogen (secondary N) is 1. The molecule has 4 heterocycles. The average molecular weight is 385 g/mol. The van der Waals surface area contributed by atoms with Crippen LogP contribution in [0.5, 0.6) is 5.88 Å². The maximum absolute atomic E-state index is 13.7. The number of rotatable bonds is 7. The van der Waals surface area contributed by atoms with Crippen molar-refractivity contribution in [2.24, 2.45) is 5.92 Å². The molecular weight excluding hydrogens is 361 g/mol. The highest BCUT2D eigenvalue weighted by molar-refractivity contribution is 5.57. The first-order valence-corrected chi connectivity index (χ1v) is 9.56. The standard InChI is InChI=1S/C20H24FN5O2/c1-27-7-8-28-19-10-16(9-14-3-2-6-22-11-14)24-20(25-19)17-12-23-18-5-4-15(21)13-26(17)18/h4-5,10,12-14,22H,2-3,6-9,11H2,1H3/t14-/m0/s1. The highest BCUT2D eigenvalue weighted by Gasteiger charge is 2.18. The van der Waals surface area contributed by atoms with E-state index in [1.165, 1.54) is 25.1 Å². The molecule has 1 aliphatic heterocycles. The summed E-state index contributed by atoms with van der Waals surface area (Å²) in [6.07, 6.45) is 6.24. The van der Waals surface area contributed by atoms with Crippen molar-refractivity contribution in [1.29, 1.82) is 0 Å². The van der Waals surface area contributed by atoms with Crippen molar-refractivity contribution in [3.05, 3.63) is 42.1 Å². The molecule has 0 bridgehead atoms. The monoisotopic (exact) mass is 385 g/mol. The van der Waals surface area contributed by atoms with Crippen molar-refractivity contribution in [2.75, 3.05) is 33.4 Å². The van der Waals surface area contributed by atoms with Gasteiger partial charge in [-0.25, -0.2) is 14.4 Å². The first-order valence-electron chi connectivity index (χ1n) is 9.56. The zero-order valence-electron chi connectivity index (χ0n) is 15.9. The number of imidazole rings is 1. The Morgan fingerprint density at radius 3 is 3.04 bits per heavy atom. The van der Waals surface area contributed by atoms with Crippen LogP contribution in [0.3, 0.4) is 0 Å². The van der Waals surface area contributed by atoms with Gasteiger partial charge in [0.2, 0.25) is 5.88 Å². The molecule has 0 saturated carbocycles. The zero-order chi connectivity index (χ0) is 19.3. The highest BCUT2D eigenvalue weighted by Crippen LogP contribution is 2.23. The maximum atomic E-state index is 13.7. The first kappa shape index (κ1) is 18.8. The predicted molar refractivity (Wildman–Crippen MR) is 103 cm³/mol. The molecule has 0 unspecified atom stereocenters. The van der Waals surface area contributed by atoms with Crippen molar-refractivity contribution in [2.45, 2.75) is 19.3 Å². The Morgan fingerprint density at radius 2 is 2.21 bits per heavy atom. The van der Waals surface area contributed by atoms with Gasteiger partial charge in [0.1, 0.15) is 23.8 Å². The lowest BCUT2D eigenvalue weighted by atomic mass is 9.94. The Kier molecular flexibility index (Phi) is 5.78. The van der Waals surface area contributed by atoms with Crippen LogP contribution in [0.1, 0.15) is 18.5 Å². The SMILES string of the molecule is COCCOc1cc(C[C@@H]2CCCNC2)nc(-c2cnc3ccc(F)cn23)n1. The zero-order valence-corrected chi connectivity index (χ0v) is 15.9. The fourth-order valence-electron chi connectivity index (χ4n) is 3.51. The van der Waals surface area contributed by atoms with Gasteiger partial charge < -0.3 is 14.8 Å². The van der Waals surface area contributed by atoms with E-state index in [9.17, 15) is 4.39 Å². The second-order valence-corrected chi connectivity index (χ2v) is 7.00. The van der Waals surface area contributed by atoms with Crippen LogP contribution >= 0.6 is 0 Å². The molecule has 0 aromatic carbocycles. The topological polar surface area (TPSA) is 73.6 Å². The Labute approximate surface area is 162 Å². The largest absolute Gasteiger partial charge is 0.475 e. The van der Waals surface area contributed by atoms with Crippen molar-refractivity contribution in [3.8, 4) is 17.4 Å². The molecule has 148 valence electrons. The minimum Gasteiger partial charge on any atom is -0.475 e. The van der Waals surface area contributed by atoms with Gasteiger partial charge in [-0.15, -0.1) is 0 Å². The summed E-state index contributed by atoms with van der Waals surface area (Å²) < 4.78 is 26.2. The van der Waals surface area contributed by atoms with Crippen LogP contribution in [0.4, 0.5) is 4.39 Å². The van der Waals surface area contributed by atoms with E-state index in [1.807, 2.05) is 6.07 Å². The third kappa shape index (κ3) is 4.28. The molecule has 3 aromatic heterocycles. The average Bonchev–Trinajstić information content (AvgIpc) is 3.12. The number of aromatic nitrogens is 4. The summed E-state index contributed by atoms with van der Waals surface area (Å²) in [7, 11) is 1.63. The number of halogens is 1. The Hall–Kier alpha value is -2.58. The minimum atomic E-state index is -0.340. The summed E-state index contributed by atoms with van der Waals surface area (Å²) in [5, 5.41) is 3.44. The lowest BCUT2D eigenvalue weighted by Gasteiger charge is -2.22. The third-order valence-electron chi connectivity index (χ3n) is 4.89. The second kappa shape index (κ2) is 8.62. The van der Waals surface area contributed by atoms with E-state index < -0.39 is 0 Å². The van der Waals surface area contributed by atoms with Gasteiger partial charge in [0.05, 0.1) is 12.8 Å². The van der Waals surface area contributed by atoms with Crippen LogP contribution in [-0.4, -0.2) is 52.8 Å². The molecular formula is C20H24FN5O2. The van der Waals surface area contributed by atoms with Crippen molar-refractivity contribution < 1.29 is 13.9 Å². The molecule has 1 saturated heterocycles. The van der Waals surface area contributed by atoms with E-state index in [0.717, 1.165) is 25.2 Å². The smallest absolute Gasteiger partial charge is 0.217 e. The van der Waals surface area contributed by atoms with Gasteiger partial charge in [0, 0.05) is 25.1 Å². The molecule has 4 rings (SSSR count). The molecule has 1 N–H and O–H groups in total. The molecule has 1 aliphatic rings. The fourth-order valence-corrected chi connectivity index (χ4v) is 3.51. The van der Waals surface area contributed by atoms with Gasteiger partial charge in [-0.3, -0.25) is 4.40 Å². The molecule has 0 aliphatic carbocycles. The highest BCUT2D eigenvalue weighted by atomic mass is 19.1. The van der Waals surface area contributed by atoms with Crippen LogP contribution in [-0.2, 0) is 11.2 Å². The number of hydrogen-bond donors (Lipinski definition) is 1. The van der Waals surface area contributed by atoms with Gasteiger partial charge >= 0.3 is 0 Å². The minimum absolute atomic E-state index is 0.340. The maximum Gasteiger partial charge on any atom is 0.217 e. The van der Waals surface area contributed by atoms with E-state index >= 15 is 0 Å². The van der Waals surface area contributed by atoms with E-state index in [4.69, 9.17) is 14.5 Å². The number of piperidine rings is 1. The molecule has 3 aromatic rings. The quantitative estimate of drug-likeness (QED) is 0.630. The summed E-state index contributed by atoms with van der Waals surface area (Å²) >= 11 is 0. The number of pyridine rings is 1. The van der Waals surface area contributed by atoms with Gasteiger partial charge in [0.15, 0.2) is 5.82 Å². The van der Waals surface area contributed by atoms with E-state index in [2.05, 4.69) is 15.3 Å². The lowest BCUT2D eigenvalue weighted by molar-refractivity contribution is 0.143. The van der Waals surface area contributed by atoms with E-state index in [-0.39, 0.29) is 5.82 Å². The van der Waals surface area contributed by atoms with Crippen LogP contribution in [0.15, 0.2) is 30.6 Å². The van der Waals surface area contributed by atoms with Crippen molar-refractivity contribution in [1.82, 2.24) is 24.7 Å². The molecule has 7 nitrogen and oxygen atoms in total. The summed E-state index contributed by atoms with van der Waals surface area (Å²) in [5.41, 5.74) is 2.19. The molecule has 0 amide bonds. The normalized spacial score (nSPS) is 17.1. The summed E-state index contributed by atoms with van der Waals surface area (Å²) in [4.78, 5) is 13.6. The summed E-state index contributed by atoms with van der Waals surface area (Å²) in [6.45, 7) is 2.94. The van der Waals surface area contributed by atoms with Gasteiger partial charge in [-0.05, 0) is 50.4 Å². The third-order valence-corrected chi connectivity index (χ3v) is 4.89. The first-order chi connectivity index (χ1) is 13.7. The van der Waals surface area contributed by atoms with Crippen LogP contribution < -0.4 is 10.1 Å². The molecule has 1 atom stereocenters. The predicted octanol–water partition coefficient (Wildman–Crippen LogP) is 2.50. The van der Waals surface area contributed by atoms with Gasteiger partial charge in [-0.2, -0.15) is 4.98 Å². The number of methoxy groups -OCH3 is 1. The van der Waals surface area contributed by atoms with Crippen molar-refractivity contribution in [3.63, 3.8) is 0 Å². The van der Waals surface area contributed by atoms with E-state index in [1.54, 1.807) is 23.8 Å². The van der Waals surface area contributed by atoms with Gasteiger partial charge in [0.25, 0.3) is 0 Å². The summed E-state index contributed by atoms with van der Waals surface area (Å²) in [5.74, 6) is 1.16. The summed E-state index contributed by atoms with van der Waals surface area (Å²) in [6, 6.07) is 4.91. The molecule has 1 fully saturated rings. The van der Waals surface area contributed by atoms with E-state index in [0.29, 0.717) is 42.2 Å². The number of nitrogens with zero attached hydrogens (tertiary/aromatic N) is 4. The lowest BCUT2D eigenvalue weighted by Crippen LogP contribution is -2.31. The van der Waals surface area contributed by atoms with Crippen LogP contribution in [0, 0.1) is 11.7 Å². The number of fused-ring (bicyclic) bond motifs is 1. The molecule has 28 heavy (non-hydrogen) atoms. The second-order valence-electron chi connectivity index (χ2n) is 7.00. The van der Waals surface area contributed by atoms with Crippen LogP contribution in [0.2, 0.25) is 0 Å².